The number of hydrogen-bond acceptors (Lipinski definition) is 2. The van der Waals surface area contributed by atoms with E-state index in [-0.39, 0.29) is 5.78 Å². The molecule has 4 rings (SSSR count). The van der Waals surface area contributed by atoms with Crippen LogP contribution in [0, 0.1) is 6.92 Å². The predicted molar refractivity (Wildman–Crippen MR) is 122 cm³/mol. The maximum atomic E-state index is 13.2. The van der Waals surface area contributed by atoms with Crippen molar-refractivity contribution in [3.8, 4) is 11.1 Å². The number of nitrogens with zero attached hydrogens (tertiary/aromatic N) is 1. The number of carbonyl (C=O) groups is 1. The lowest BCUT2D eigenvalue weighted by Crippen LogP contribution is -2.26. The highest BCUT2D eigenvalue weighted by Gasteiger charge is 2.23. The van der Waals surface area contributed by atoms with Crippen LogP contribution in [0.5, 0.6) is 0 Å². The lowest BCUT2D eigenvalue weighted by Gasteiger charge is -2.33. The first-order chi connectivity index (χ1) is 14.0. The van der Waals surface area contributed by atoms with Crippen molar-refractivity contribution in [1.82, 2.24) is 0 Å². The topological polar surface area (TPSA) is 20.3 Å². The van der Waals surface area contributed by atoms with Crippen LogP contribution in [-0.4, -0.2) is 12.3 Å². The minimum absolute atomic E-state index is 0.100. The fourth-order valence-electron chi connectivity index (χ4n) is 4.25. The van der Waals surface area contributed by atoms with Crippen molar-refractivity contribution < 1.29 is 4.79 Å². The Labute approximate surface area is 174 Å². The van der Waals surface area contributed by atoms with Gasteiger partial charge in [0.1, 0.15) is 0 Å². The molecule has 2 heteroatoms. The van der Waals surface area contributed by atoms with E-state index in [4.69, 9.17) is 0 Å². The standard InChI is InChI=1S/C27H29NO/c1-5-18(3)20-13-14-26-25(15-20)24-16-21(11-12-22(24)17-28(26)6-2)27(29)23-10-8-7-9-19(23)4/h7-16,18H,5-6,17H2,1-4H3. The molecule has 0 aliphatic carbocycles. The molecule has 29 heavy (non-hydrogen) atoms. The molecule has 1 aliphatic heterocycles. The summed E-state index contributed by atoms with van der Waals surface area (Å²) in [5, 5.41) is 0. The van der Waals surface area contributed by atoms with Crippen LogP contribution in [0.25, 0.3) is 11.1 Å². The lowest BCUT2D eigenvalue weighted by molar-refractivity contribution is 0.103. The second-order valence-electron chi connectivity index (χ2n) is 8.12. The van der Waals surface area contributed by atoms with Crippen LogP contribution in [0.2, 0.25) is 0 Å². The molecule has 148 valence electrons. The van der Waals surface area contributed by atoms with E-state index < -0.39 is 0 Å². The molecule has 0 N–H and O–H groups in total. The zero-order chi connectivity index (χ0) is 20.5. The van der Waals surface area contributed by atoms with Gasteiger partial charge in [0.05, 0.1) is 0 Å². The number of fused-ring (bicyclic) bond motifs is 3. The zero-order valence-corrected chi connectivity index (χ0v) is 17.8. The Balaban J connectivity index is 1.83. The highest BCUT2D eigenvalue weighted by atomic mass is 16.1. The molecule has 0 aromatic heterocycles. The number of benzene rings is 3. The van der Waals surface area contributed by atoms with Gasteiger partial charge in [0, 0.05) is 35.5 Å². The predicted octanol–water partition coefficient (Wildman–Crippen LogP) is 6.75. The average molecular weight is 384 g/mol. The summed E-state index contributed by atoms with van der Waals surface area (Å²) in [7, 11) is 0. The summed E-state index contributed by atoms with van der Waals surface area (Å²) in [6.45, 7) is 10.6. The largest absolute Gasteiger partial charge is 0.367 e. The number of hydrogen-bond donors (Lipinski definition) is 0. The summed E-state index contributed by atoms with van der Waals surface area (Å²) in [6.07, 6.45) is 1.12. The van der Waals surface area contributed by atoms with Gasteiger partial charge in [-0.3, -0.25) is 4.79 Å². The Bertz CT molecular complexity index is 1070. The van der Waals surface area contributed by atoms with Gasteiger partial charge in [-0.15, -0.1) is 0 Å². The Kier molecular flexibility index (Phi) is 5.27. The number of ketones is 1. The molecule has 0 saturated heterocycles. The van der Waals surface area contributed by atoms with Gasteiger partial charge in [-0.1, -0.05) is 56.3 Å². The molecule has 0 saturated carbocycles. The minimum Gasteiger partial charge on any atom is -0.367 e. The van der Waals surface area contributed by atoms with E-state index in [2.05, 4.69) is 56.0 Å². The van der Waals surface area contributed by atoms with Gasteiger partial charge >= 0.3 is 0 Å². The van der Waals surface area contributed by atoms with E-state index >= 15 is 0 Å². The first-order valence-corrected chi connectivity index (χ1v) is 10.7. The molecule has 0 spiro atoms. The lowest BCUT2D eigenvalue weighted by atomic mass is 9.87. The van der Waals surface area contributed by atoms with Crippen LogP contribution in [-0.2, 0) is 6.54 Å². The van der Waals surface area contributed by atoms with Gasteiger partial charge < -0.3 is 4.90 Å². The molecular formula is C27H29NO. The van der Waals surface area contributed by atoms with E-state index in [1.54, 1.807) is 0 Å². The Morgan fingerprint density at radius 2 is 1.79 bits per heavy atom. The van der Waals surface area contributed by atoms with Crippen molar-refractivity contribution in [2.75, 3.05) is 11.4 Å². The average Bonchev–Trinajstić information content (AvgIpc) is 2.77. The van der Waals surface area contributed by atoms with Gasteiger partial charge in [-0.2, -0.15) is 0 Å². The molecule has 1 heterocycles. The van der Waals surface area contributed by atoms with Crippen molar-refractivity contribution in [2.24, 2.45) is 0 Å². The van der Waals surface area contributed by atoms with Crippen molar-refractivity contribution in [3.05, 3.63) is 88.5 Å². The summed E-state index contributed by atoms with van der Waals surface area (Å²) >= 11 is 0. The zero-order valence-electron chi connectivity index (χ0n) is 17.8. The molecule has 2 nitrogen and oxygen atoms in total. The smallest absolute Gasteiger partial charge is 0.193 e. The normalized spacial score (nSPS) is 13.6. The van der Waals surface area contributed by atoms with E-state index in [0.717, 1.165) is 36.2 Å². The molecule has 0 bridgehead atoms. The molecule has 1 aliphatic rings. The van der Waals surface area contributed by atoms with Crippen LogP contribution in [0.1, 0.15) is 65.7 Å². The van der Waals surface area contributed by atoms with Gasteiger partial charge in [0.15, 0.2) is 5.78 Å². The third kappa shape index (κ3) is 3.48. The van der Waals surface area contributed by atoms with Crippen LogP contribution in [0.15, 0.2) is 60.7 Å². The molecule has 3 aromatic rings. The Morgan fingerprint density at radius 1 is 1.00 bits per heavy atom. The number of rotatable bonds is 5. The second kappa shape index (κ2) is 7.87. The van der Waals surface area contributed by atoms with Gasteiger partial charge in [0.2, 0.25) is 0 Å². The van der Waals surface area contributed by atoms with Gasteiger partial charge in [-0.05, 0) is 66.6 Å². The summed E-state index contributed by atoms with van der Waals surface area (Å²) in [4.78, 5) is 15.6. The molecular weight excluding hydrogens is 354 g/mol. The first kappa shape index (κ1) is 19.4. The summed E-state index contributed by atoms with van der Waals surface area (Å²) in [5.74, 6) is 0.626. The fraction of sp³-hybridized carbons (Fsp3) is 0.296. The molecule has 1 atom stereocenters. The molecule has 0 amide bonds. The number of aryl methyl sites for hydroxylation is 1. The highest BCUT2D eigenvalue weighted by molar-refractivity contribution is 6.10. The molecule has 1 unspecified atom stereocenters. The third-order valence-corrected chi connectivity index (χ3v) is 6.34. The minimum atomic E-state index is 0.100. The van der Waals surface area contributed by atoms with E-state index in [0.29, 0.717) is 5.92 Å². The maximum absolute atomic E-state index is 13.2. The molecule has 3 aromatic carbocycles. The molecule has 0 radical (unpaired) electrons. The quantitative estimate of drug-likeness (QED) is 0.454. The maximum Gasteiger partial charge on any atom is 0.193 e. The van der Waals surface area contributed by atoms with Crippen LogP contribution in [0.3, 0.4) is 0 Å². The van der Waals surface area contributed by atoms with Crippen LogP contribution < -0.4 is 4.90 Å². The van der Waals surface area contributed by atoms with Crippen molar-refractivity contribution in [2.45, 2.75) is 46.6 Å². The first-order valence-electron chi connectivity index (χ1n) is 10.7. The Morgan fingerprint density at radius 3 is 2.52 bits per heavy atom. The third-order valence-electron chi connectivity index (χ3n) is 6.34. The summed E-state index contributed by atoms with van der Waals surface area (Å²) in [5.41, 5.74) is 8.96. The van der Waals surface area contributed by atoms with Gasteiger partial charge in [-0.25, -0.2) is 0 Å². The highest BCUT2D eigenvalue weighted by Crippen LogP contribution is 2.41. The number of carbonyl (C=O) groups excluding carboxylic acids is 1. The second-order valence-corrected chi connectivity index (χ2v) is 8.12. The molecule has 0 fully saturated rings. The van der Waals surface area contributed by atoms with Crippen LogP contribution in [0.4, 0.5) is 5.69 Å². The van der Waals surface area contributed by atoms with Crippen molar-refractivity contribution in [3.63, 3.8) is 0 Å². The van der Waals surface area contributed by atoms with E-state index in [1.165, 1.54) is 27.9 Å². The van der Waals surface area contributed by atoms with Crippen molar-refractivity contribution >= 4 is 11.5 Å². The van der Waals surface area contributed by atoms with E-state index in [9.17, 15) is 4.79 Å². The Hall–Kier alpha value is -2.87. The summed E-state index contributed by atoms with van der Waals surface area (Å²) in [6, 6.07) is 20.9. The van der Waals surface area contributed by atoms with E-state index in [1.807, 2.05) is 37.3 Å². The number of anilines is 1. The fourth-order valence-corrected chi connectivity index (χ4v) is 4.25. The SMILES string of the molecule is CCC(C)c1ccc2c(c1)-c1cc(C(=O)c3ccccc3C)ccc1CN2CC. The van der Waals surface area contributed by atoms with Crippen LogP contribution >= 0.6 is 0 Å². The van der Waals surface area contributed by atoms with Crippen molar-refractivity contribution in [1.29, 1.82) is 0 Å². The summed E-state index contributed by atoms with van der Waals surface area (Å²) < 4.78 is 0. The van der Waals surface area contributed by atoms with Gasteiger partial charge in [0.25, 0.3) is 0 Å². The monoisotopic (exact) mass is 383 g/mol.